The standard InChI is InChI=1S/C22H37N5O8/c1-26-7-2-3-12(26)4-6-24-11-16(35-21-19(31)18(30)15(10-23)34-21)14-9-13(28)20(33-14)27-8-5-17(29)25-22(27)32/h5,8,12-16,18-21,24,28,30-31H,2-4,6-7,9-11,23H2,1H3,(H,25,29,32)/t12?,13-,14+,15-,16+,18-,19-,20-,21+/m1/s1. The van der Waals surface area contributed by atoms with E-state index in [0.29, 0.717) is 12.6 Å². The van der Waals surface area contributed by atoms with Crippen LogP contribution in [-0.2, 0) is 14.2 Å². The van der Waals surface area contributed by atoms with Crippen molar-refractivity contribution in [2.75, 3.05) is 33.2 Å². The summed E-state index contributed by atoms with van der Waals surface area (Å²) >= 11 is 0. The molecule has 7 N–H and O–H groups in total. The Labute approximate surface area is 202 Å². The van der Waals surface area contributed by atoms with E-state index in [9.17, 15) is 24.9 Å². The molecule has 1 aromatic rings. The van der Waals surface area contributed by atoms with Crippen molar-refractivity contribution in [1.82, 2.24) is 19.8 Å². The first-order valence-electron chi connectivity index (χ1n) is 12.2. The fraction of sp³-hybridized carbons (Fsp3) is 0.818. The van der Waals surface area contributed by atoms with E-state index in [1.54, 1.807) is 0 Å². The van der Waals surface area contributed by atoms with Crippen LogP contribution in [0.2, 0.25) is 0 Å². The summed E-state index contributed by atoms with van der Waals surface area (Å²) in [6.45, 7) is 2.18. The van der Waals surface area contributed by atoms with E-state index in [0.717, 1.165) is 30.5 Å². The molecule has 0 amide bonds. The molecule has 13 nitrogen and oxygen atoms in total. The number of aliphatic hydroxyl groups excluding tert-OH is 3. The molecule has 13 heteroatoms. The van der Waals surface area contributed by atoms with Crippen LogP contribution in [0.4, 0.5) is 0 Å². The molecule has 35 heavy (non-hydrogen) atoms. The van der Waals surface area contributed by atoms with Crippen LogP contribution >= 0.6 is 0 Å². The van der Waals surface area contributed by atoms with Gasteiger partial charge in [0.05, 0.1) is 12.2 Å². The number of aliphatic hydroxyl groups is 3. The van der Waals surface area contributed by atoms with Crippen molar-refractivity contribution in [3.8, 4) is 0 Å². The van der Waals surface area contributed by atoms with Crippen molar-refractivity contribution >= 4 is 0 Å². The van der Waals surface area contributed by atoms with Crippen LogP contribution in [0, 0.1) is 0 Å². The van der Waals surface area contributed by atoms with E-state index in [4.69, 9.17) is 19.9 Å². The maximum absolute atomic E-state index is 12.2. The van der Waals surface area contributed by atoms with E-state index in [2.05, 4.69) is 22.2 Å². The molecule has 0 radical (unpaired) electrons. The normalized spacial score (nSPS) is 36.7. The zero-order valence-electron chi connectivity index (χ0n) is 19.9. The minimum Gasteiger partial charge on any atom is -0.388 e. The summed E-state index contributed by atoms with van der Waals surface area (Å²) in [5.41, 5.74) is 4.37. The lowest BCUT2D eigenvalue weighted by Crippen LogP contribution is -2.45. The lowest BCUT2D eigenvalue weighted by atomic mass is 10.1. The van der Waals surface area contributed by atoms with Crippen molar-refractivity contribution in [3.63, 3.8) is 0 Å². The van der Waals surface area contributed by atoms with E-state index in [-0.39, 0.29) is 13.0 Å². The first-order valence-corrected chi connectivity index (χ1v) is 12.2. The van der Waals surface area contributed by atoms with E-state index in [1.807, 2.05) is 0 Å². The van der Waals surface area contributed by atoms with Gasteiger partial charge < -0.3 is 45.5 Å². The number of aromatic amines is 1. The van der Waals surface area contributed by atoms with Gasteiger partial charge in [0.1, 0.15) is 24.4 Å². The molecule has 1 aromatic heterocycles. The lowest BCUT2D eigenvalue weighted by Gasteiger charge is -2.29. The molecule has 3 aliphatic rings. The highest BCUT2D eigenvalue weighted by Crippen LogP contribution is 2.32. The number of likely N-dealkylation sites (tertiary alicyclic amines) is 1. The molecule has 4 heterocycles. The number of nitrogens with two attached hydrogens (primary N) is 1. The average molecular weight is 500 g/mol. The van der Waals surface area contributed by atoms with Crippen LogP contribution in [-0.4, -0.2) is 112 Å². The molecule has 9 atom stereocenters. The summed E-state index contributed by atoms with van der Waals surface area (Å²) in [5, 5.41) is 34.6. The second-order valence-corrected chi connectivity index (χ2v) is 9.59. The van der Waals surface area contributed by atoms with E-state index < -0.39 is 60.4 Å². The topological polar surface area (TPSA) is 185 Å². The van der Waals surface area contributed by atoms with Gasteiger partial charge in [0.25, 0.3) is 5.56 Å². The Bertz CT molecular complexity index is 943. The van der Waals surface area contributed by atoms with Gasteiger partial charge in [-0.05, 0) is 39.4 Å². The number of hydrogen-bond donors (Lipinski definition) is 6. The summed E-state index contributed by atoms with van der Waals surface area (Å²) in [7, 11) is 2.12. The van der Waals surface area contributed by atoms with Gasteiger partial charge in [0.15, 0.2) is 12.5 Å². The third kappa shape index (κ3) is 6.01. The Morgan fingerprint density at radius 1 is 1.29 bits per heavy atom. The largest absolute Gasteiger partial charge is 0.388 e. The van der Waals surface area contributed by atoms with Gasteiger partial charge in [-0.3, -0.25) is 14.3 Å². The third-order valence-electron chi connectivity index (χ3n) is 7.19. The number of rotatable bonds is 10. The van der Waals surface area contributed by atoms with Crippen LogP contribution in [0.1, 0.15) is 31.9 Å². The first-order chi connectivity index (χ1) is 16.8. The highest BCUT2D eigenvalue weighted by molar-refractivity contribution is 4.93. The fourth-order valence-electron chi connectivity index (χ4n) is 5.12. The molecular weight excluding hydrogens is 462 g/mol. The van der Waals surface area contributed by atoms with Crippen molar-refractivity contribution in [2.45, 2.75) is 80.9 Å². The highest BCUT2D eigenvalue weighted by atomic mass is 16.7. The van der Waals surface area contributed by atoms with Crippen LogP contribution in [0.15, 0.2) is 21.9 Å². The maximum atomic E-state index is 12.2. The predicted molar refractivity (Wildman–Crippen MR) is 124 cm³/mol. The quantitative estimate of drug-likeness (QED) is 0.181. The molecule has 4 rings (SSSR count). The molecule has 1 unspecified atom stereocenters. The predicted octanol–water partition coefficient (Wildman–Crippen LogP) is -2.95. The Morgan fingerprint density at radius 3 is 2.74 bits per heavy atom. The smallest absolute Gasteiger partial charge is 0.330 e. The Hall–Kier alpha value is -1.68. The summed E-state index contributed by atoms with van der Waals surface area (Å²) in [5.74, 6) is 0. The zero-order chi connectivity index (χ0) is 25.1. The molecular formula is C22H37N5O8. The van der Waals surface area contributed by atoms with Crippen LogP contribution in [0.3, 0.4) is 0 Å². The van der Waals surface area contributed by atoms with E-state index in [1.165, 1.54) is 18.7 Å². The summed E-state index contributed by atoms with van der Waals surface area (Å²) in [6.07, 6.45) is -2.98. The monoisotopic (exact) mass is 499 g/mol. The summed E-state index contributed by atoms with van der Waals surface area (Å²) in [4.78, 5) is 28.1. The molecule has 0 aliphatic carbocycles. The van der Waals surface area contributed by atoms with Crippen molar-refractivity contribution in [2.24, 2.45) is 5.73 Å². The van der Waals surface area contributed by atoms with Crippen molar-refractivity contribution < 1.29 is 29.5 Å². The van der Waals surface area contributed by atoms with Gasteiger partial charge in [-0.15, -0.1) is 0 Å². The minimum atomic E-state index is -1.29. The number of H-pyrrole nitrogens is 1. The summed E-state index contributed by atoms with van der Waals surface area (Å²) in [6, 6.07) is 1.70. The van der Waals surface area contributed by atoms with Crippen molar-refractivity contribution in [1.29, 1.82) is 0 Å². The number of hydrogen-bond acceptors (Lipinski definition) is 11. The number of aromatic nitrogens is 2. The molecule has 3 aliphatic heterocycles. The van der Waals surface area contributed by atoms with E-state index >= 15 is 0 Å². The molecule has 0 bridgehead atoms. The molecule has 3 fully saturated rings. The number of ether oxygens (including phenoxy) is 3. The van der Waals surface area contributed by atoms with Gasteiger partial charge in [0.2, 0.25) is 0 Å². The number of nitrogens with one attached hydrogen (secondary N) is 2. The highest BCUT2D eigenvalue weighted by Gasteiger charge is 2.46. The molecule has 0 aromatic carbocycles. The van der Waals surface area contributed by atoms with Crippen LogP contribution < -0.4 is 22.3 Å². The average Bonchev–Trinajstić information content (AvgIpc) is 3.49. The van der Waals surface area contributed by atoms with Gasteiger partial charge in [0, 0.05) is 37.8 Å². The zero-order valence-corrected chi connectivity index (χ0v) is 19.9. The maximum Gasteiger partial charge on any atom is 0.330 e. The summed E-state index contributed by atoms with van der Waals surface area (Å²) < 4.78 is 18.8. The lowest BCUT2D eigenvalue weighted by molar-refractivity contribution is -0.213. The van der Waals surface area contributed by atoms with Gasteiger partial charge in [-0.1, -0.05) is 0 Å². The third-order valence-corrected chi connectivity index (χ3v) is 7.19. The van der Waals surface area contributed by atoms with Crippen LogP contribution in [0.5, 0.6) is 0 Å². The van der Waals surface area contributed by atoms with Crippen LogP contribution in [0.25, 0.3) is 0 Å². The second-order valence-electron chi connectivity index (χ2n) is 9.59. The Kier molecular flexibility index (Phi) is 8.73. The first kappa shape index (κ1) is 26.4. The fourth-order valence-corrected chi connectivity index (χ4v) is 5.12. The molecule has 0 spiro atoms. The Morgan fingerprint density at radius 2 is 2.09 bits per heavy atom. The minimum absolute atomic E-state index is 0.0196. The SMILES string of the molecule is CN1CCCC1CCNC[C@H](O[C@@H]1O[C@H](CN)[C@@H](O)[C@H]1O)[C@@H]1C[C@@H](O)[C@H](n2ccc(=O)[nH]c2=O)O1. The molecule has 198 valence electrons. The second kappa shape index (κ2) is 11.6. The number of nitrogens with zero attached hydrogens (tertiary/aromatic N) is 2. The molecule has 0 saturated carbocycles. The van der Waals surface area contributed by atoms with Crippen molar-refractivity contribution in [3.05, 3.63) is 33.1 Å². The van der Waals surface area contributed by atoms with Gasteiger partial charge >= 0.3 is 5.69 Å². The Balaban J connectivity index is 1.43. The van der Waals surface area contributed by atoms with Gasteiger partial charge in [-0.25, -0.2) is 4.79 Å². The van der Waals surface area contributed by atoms with Gasteiger partial charge in [-0.2, -0.15) is 0 Å². The molecule has 3 saturated heterocycles.